The molecule has 0 bridgehead atoms. The summed E-state index contributed by atoms with van der Waals surface area (Å²) in [5.74, 6) is -0.587. The molecule has 0 saturated carbocycles. The number of carbonyl (C=O) groups is 1. The van der Waals surface area contributed by atoms with E-state index in [-0.39, 0.29) is 28.6 Å². The van der Waals surface area contributed by atoms with Crippen LogP contribution in [0.2, 0.25) is 0 Å². The van der Waals surface area contributed by atoms with Crippen LogP contribution in [0.4, 0.5) is 0 Å². The van der Waals surface area contributed by atoms with Gasteiger partial charge in [-0.15, -0.1) is 0 Å². The second-order valence-corrected chi connectivity index (χ2v) is 10.8. The number of carbonyl (C=O) groups excluding carboxylic acids is 1. The Morgan fingerprint density at radius 3 is 2.33 bits per heavy atom. The molecule has 1 heterocycles. The summed E-state index contributed by atoms with van der Waals surface area (Å²) < 4.78 is 39.2. The minimum Gasteiger partial charge on any atom is -0.425 e. The molecule has 4 rings (SSSR count). The van der Waals surface area contributed by atoms with E-state index in [4.69, 9.17) is 9.15 Å². The maximum atomic E-state index is 13.1. The largest absolute Gasteiger partial charge is 0.425 e. The van der Waals surface area contributed by atoms with Crippen molar-refractivity contribution in [3.8, 4) is 16.9 Å². The van der Waals surface area contributed by atoms with Gasteiger partial charge in [-0.1, -0.05) is 61.9 Å². The predicted octanol–water partition coefficient (Wildman–Crippen LogP) is 5.07. The molecule has 1 N–H and O–H groups in total. The van der Waals surface area contributed by atoms with Crippen molar-refractivity contribution in [1.29, 1.82) is 0 Å². The molecule has 0 amide bonds. The Kier molecular flexibility index (Phi) is 7.37. The Morgan fingerprint density at radius 2 is 1.67 bits per heavy atom. The second-order valence-electron chi connectivity index (χ2n) is 9.04. The summed E-state index contributed by atoms with van der Waals surface area (Å²) in [4.78, 5) is 25.3. The monoisotopic (exact) mass is 505 g/mol. The van der Waals surface area contributed by atoms with Gasteiger partial charge in [0.25, 0.3) is 0 Å². The quantitative estimate of drug-likeness (QED) is 0.204. The van der Waals surface area contributed by atoms with Gasteiger partial charge in [-0.25, -0.2) is 18.0 Å². The molecule has 0 fully saturated rings. The highest BCUT2D eigenvalue weighted by Gasteiger charge is 2.28. The Balaban J connectivity index is 1.61. The number of esters is 1. The third-order valence-electron chi connectivity index (χ3n) is 5.64. The van der Waals surface area contributed by atoms with Gasteiger partial charge < -0.3 is 9.15 Å². The number of aryl methyl sites for hydroxylation is 1. The normalized spacial score (nSPS) is 12.6. The lowest BCUT2D eigenvalue weighted by Crippen LogP contribution is -2.43. The number of hydrogen-bond donors (Lipinski definition) is 1. The van der Waals surface area contributed by atoms with E-state index in [1.54, 1.807) is 24.3 Å². The van der Waals surface area contributed by atoms with Crippen LogP contribution in [0.5, 0.6) is 5.75 Å². The molecule has 0 spiro atoms. The van der Waals surface area contributed by atoms with Gasteiger partial charge in [-0.05, 0) is 54.7 Å². The van der Waals surface area contributed by atoms with E-state index in [0.717, 1.165) is 11.1 Å². The maximum Gasteiger partial charge on any atom is 0.336 e. The molecular weight excluding hydrogens is 478 g/mol. The number of nitrogens with one attached hydrogen (secondary N) is 1. The summed E-state index contributed by atoms with van der Waals surface area (Å²) in [5.41, 5.74) is 2.19. The standard InChI is InChI=1S/C28H27NO6S/c1-18(2)15-25(29-36(32,33)22-12-9-19(3)10-13-22)28(31)34-21-11-14-23-24(20-7-5-4-6-8-20)17-27(30)35-26(23)16-21/h4-14,16-18,25,29H,15H2,1-3H3. The molecule has 0 saturated heterocycles. The van der Waals surface area contributed by atoms with Crippen LogP contribution >= 0.6 is 0 Å². The van der Waals surface area contributed by atoms with Crippen LogP contribution < -0.4 is 15.1 Å². The zero-order valence-electron chi connectivity index (χ0n) is 20.2. The number of rotatable bonds is 8. The predicted molar refractivity (Wildman–Crippen MR) is 138 cm³/mol. The lowest BCUT2D eigenvalue weighted by molar-refractivity contribution is -0.136. The molecule has 36 heavy (non-hydrogen) atoms. The van der Waals surface area contributed by atoms with Gasteiger partial charge in [0, 0.05) is 17.5 Å². The van der Waals surface area contributed by atoms with Gasteiger partial charge in [0.2, 0.25) is 10.0 Å². The van der Waals surface area contributed by atoms with Crippen molar-refractivity contribution in [2.24, 2.45) is 5.92 Å². The van der Waals surface area contributed by atoms with Crippen LogP contribution in [0, 0.1) is 12.8 Å². The zero-order valence-corrected chi connectivity index (χ0v) is 21.0. The number of sulfonamides is 1. The fourth-order valence-electron chi connectivity index (χ4n) is 3.89. The van der Waals surface area contributed by atoms with Crippen LogP contribution in [-0.4, -0.2) is 20.4 Å². The van der Waals surface area contributed by atoms with Crippen molar-refractivity contribution in [1.82, 2.24) is 4.72 Å². The average Bonchev–Trinajstić information content (AvgIpc) is 2.83. The van der Waals surface area contributed by atoms with Gasteiger partial charge >= 0.3 is 11.6 Å². The summed E-state index contributed by atoms with van der Waals surface area (Å²) in [6.07, 6.45) is 0.241. The molecule has 0 radical (unpaired) electrons. The first-order valence-corrected chi connectivity index (χ1v) is 13.0. The SMILES string of the molecule is Cc1ccc(S(=O)(=O)NC(CC(C)C)C(=O)Oc2ccc3c(-c4ccccc4)cc(=O)oc3c2)cc1. The molecule has 0 aliphatic heterocycles. The molecule has 1 atom stereocenters. The third kappa shape index (κ3) is 5.90. The summed E-state index contributed by atoms with van der Waals surface area (Å²) in [6.45, 7) is 5.63. The second kappa shape index (κ2) is 10.5. The van der Waals surface area contributed by atoms with Crippen molar-refractivity contribution < 1.29 is 22.4 Å². The van der Waals surface area contributed by atoms with E-state index >= 15 is 0 Å². The lowest BCUT2D eigenvalue weighted by Gasteiger charge is -2.19. The van der Waals surface area contributed by atoms with Crippen molar-refractivity contribution in [2.45, 2.75) is 38.1 Å². The van der Waals surface area contributed by atoms with E-state index in [0.29, 0.717) is 10.9 Å². The van der Waals surface area contributed by atoms with Gasteiger partial charge in [0.15, 0.2) is 0 Å². The molecule has 4 aromatic rings. The minimum atomic E-state index is -3.95. The number of ether oxygens (including phenoxy) is 1. The zero-order chi connectivity index (χ0) is 25.9. The van der Waals surface area contributed by atoms with Gasteiger partial charge in [0.1, 0.15) is 17.4 Å². The topological polar surface area (TPSA) is 103 Å². The Hall–Kier alpha value is -3.75. The fourth-order valence-corrected chi connectivity index (χ4v) is 5.08. The summed E-state index contributed by atoms with van der Waals surface area (Å²) >= 11 is 0. The van der Waals surface area contributed by atoms with Crippen LogP contribution in [0.1, 0.15) is 25.8 Å². The maximum absolute atomic E-state index is 13.1. The Labute approximate surface area is 209 Å². The van der Waals surface area contributed by atoms with Gasteiger partial charge in [-0.2, -0.15) is 4.72 Å². The van der Waals surface area contributed by atoms with E-state index in [2.05, 4.69) is 4.72 Å². The molecule has 0 aliphatic rings. The first-order chi connectivity index (χ1) is 17.1. The van der Waals surface area contributed by atoms with Crippen LogP contribution in [0.25, 0.3) is 22.1 Å². The third-order valence-corrected chi connectivity index (χ3v) is 7.13. The lowest BCUT2D eigenvalue weighted by atomic mass is 10.0. The molecular formula is C28H27NO6S. The van der Waals surface area contributed by atoms with Gasteiger partial charge in [0.05, 0.1) is 4.90 Å². The van der Waals surface area contributed by atoms with Crippen molar-refractivity contribution >= 4 is 27.0 Å². The number of hydrogen-bond acceptors (Lipinski definition) is 6. The Bertz CT molecular complexity index is 1540. The summed E-state index contributed by atoms with van der Waals surface area (Å²) in [7, 11) is -3.95. The highest BCUT2D eigenvalue weighted by Crippen LogP contribution is 2.30. The van der Waals surface area contributed by atoms with E-state index in [1.165, 1.54) is 24.3 Å². The van der Waals surface area contributed by atoms with Crippen LogP contribution in [0.3, 0.4) is 0 Å². The molecule has 3 aromatic carbocycles. The average molecular weight is 506 g/mol. The summed E-state index contributed by atoms with van der Waals surface area (Å²) in [6, 6.07) is 20.8. The van der Waals surface area contributed by atoms with E-state index in [1.807, 2.05) is 51.1 Å². The van der Waals surface area contributed by atoms with Crippen molar-refractivity contribution in [3.63, 3.8) is 0 Å². The van der Waals surface area contributed by atoms with E-state index in [9.17, 15) is 18.0 Å². The molecule has 0 aliphatic carbocycles. The first kappa shape index (κ1) is 25.3. The Morgan fingerprint density at radius 1 is 0.972 bits per heavy atom. The van der Waals surface area contributed by atoms with Crippen LogP contribution in [-0.2, 0) is 14.8 Å². The number of fused-ring (bicyclic) bond motifs is 1. The fraction of sp³-hybridized carbons (Fsp3) is 0.214. The summed E-state index contributed by atoms with van der Waals surface area (Å²) in [5, 5.41) is 0.680. The van der Waals surface area contributed by atoms with Crippen molar-refractivity contribution in [2.75, 3.05) is 0 Å². The highest BCUT2D eigenvalue weighted by atomic mass is 32.2. The molecule has 8 heteroatoms. The number of benzene rings is 3. The van der Waals surface area contributed by atoms with Crippen LogP contribution in [0.15, 0.2) is 93.0 Å². The highest BCUT2D eigenvalue weighted by molar-refractivity contribution is 7.89. The van der Waals surface area contributed by atoms with E-state index < -0.39 is 27.7 Å². The van der Waals surface area contributed by atoms with Crippen molar-refractivity contribution in [3.05, 3.63) is 94.8 Å². The minimum absolute atomic E-state index is 0.0197. The molecule has 1 aromatic heterocycles. The first-order valence-electron chi connectivity index (χ1n) is 11.6. The smallest absolute Gasteiger partial charge is 0.336 e. The molecule has 186 valence electrons. The molecule has 7 nitrogen and oxygen atoms in total. The van der Waals surface area contributed by atoms with Gasteiger partial charge in [-0.3, -0.25) is 0 Å². The molecule has 1 unspecified atom stereocenters.